The van der Waals surface area contributed by atoms with Gasteiger partial charge >= 0.3 is 0 Å². The van der Waals surface area contributed by atoms with E-state index in [-0.39, 0.29) is 23.1 Å². The Morgan fingerprint density at radius 2 is 2.14 bits per heavy atom. The summed E-state index contributed by atoms with van der Waals surface area (Å²) in [5, 5.41) is 0.863. The van der Waals surface area contributed by atoms with E-state index in [1.165, 1.54) is 0 Å². The molecule has 1 aliphatic rings. The van der Waals surface area contributed by atoms with E-state index in [1.807, 2.05) is 24.3 Å². The lowest BCUT2D eigenvalue weighted by Gasteiger charge is -2.34. The second kappa shape index (κ2) is 5.69. The van der Waals surface area contributed by atoms with Gasteiger partial charge in [-0.2, -0.15) is 0 Å². The molecule has 3 N–H and O–H groups in total. The predicted molar refractivity (Wildman–Crippen MR) is 82.3 cm³/mol. The highest BCUT2D eigenvalue weighted by atomic mass is 16.2. The van der Waals surface area contributed by atoms with Crippen molar-refractivity contribution >= 4 is 16.8 Å². The Labute approximate surface area is 122 Å². The van der Waals surface area contributed by atoms with Gasteiger partial charge < -0.3 is 15.6 Å². The van der Waals surface area contributed by atoms with E-state index >= 15 is 0 Å². The maximum absolute atomic E-state index is 12.7. The largest absolute Gasteiger partial charge is 0.334 e. The summed E-state index contributed by atoms with van der Waals surface area (Å²) < 4.78 is 0. The fourth-order valence-electron chi connectivity index (χ4n) is 2.97. The van der Waals surface area contributed by atoms with Gasteiger partial charge in [-0.1, -0.05) is 18.2 Å². The van der Waals surface area contributed by atoms with Crippen LogP contribution in [-0.2, 0) is 0 Å². The maximum atomic E-state index is 12.7. The summed E-state index contributed by atoms with van der Waals surface area (Å²) in [7, 11) is 0. The number of pyridine rings is 1. The molecule has 0 saturated carbocycles. The molecule has 1 aliphatic heterocycles. The number of aromatic amines is 1. The van der Waals surface area contributed by atoms with Crippen molar-refractivity contribution in [1.29, 1.82) is 0 Å². The molecule has 1 saturated heterocycles. The highest BCUT2D eigenvalue weighted by molar-refractivity contribution is 5.97. The van der Waals surface area contributed by atoms with Crippen LogP contribution in [0.2, 0.25) is 0 Å². The highest BCUT2D eigenvalue weighted by Gasteiger charge is 2.27. The van der Waals surface area contributed by atoms with E-state index in [2.05, 4.69) is 4.98 Å². The molecule has 110 valence electrons. The molecule has 1 aromatic heterocycles. The third kappa shape index (κ3) is 2.56. The van der Waals surface area contributed by atoms with Crippen molar-refractivity contribution in [2.75, 3.05) is 13.1 Å². The number of para-hydroxylation sites is 1. The molecule has 1 aromatic carbocycles. The first-order chi connectivity index (χ1) is 10.2. The van der Waals surface area contributed by atoms with Gasteiger partial charge in [0.2, 0.25) is 0 Å². The van der Waals surface area contributed by atoms with Gasteiger partial charge in [-0.05, 0) is 36.8 Å². The van der Waals surface area contributed by atoms with Gasteiger partial charge in [-0.3, -0.25) is 9.59 Å². The number of nitrogens with zero attached hydrogens (tertiary/aromatic N) is 1. The Morgan fingerprint density at radius 1 is 1.33 bits per heavy atom. The average Bonchev–Trinajstić information content (AvgIpc) is 2.53. The van der Waals surface area contributed by atoms with Crippen LogP contribution in [0.1, 0.15) is 29.6 Å². The molecular weight excluding hydrogens is 266 g/mol. The third-order valence-corrected chi connectivity index (χ3v) is 4.14. The first kappa shape index (κ1) is 13.8. The zero-order valence-corrected chi connectivity index (χ0v) is 11.8. The lowest BCUT2D eigenvalue weighted by Crippen LogP contribution is -2.48. The number of nitrogens with one attached hydrogen (secondary N) is 1. The molecule has 3 rings (SSSR count). The van der Waals surface area contributed by atoms with Gasteiger partial charge in [0.25, 0.3) is 11.5 Å². The Bertz CT molecular complexity index is 723. The topological polar surface area (TPSA) is 79.2 Å². The van der Waals surface area contributed by atoms with E-state index in [9.17, 15) is 9.59 Å². The number of hydrogen-bond donors (Lipinski definition) is 2. The fraction of sp³-hybridized carbons (Fsp3) is 0.375. The number of likely N-dealkylation sites (tertiary alicyclic amines) is 1. The first-order valence-corrected chi connectivity index (χ1v) is 7.34. The van der Waals surface area contributed by atoms with Crippen molar-refractivity contribution < 1.29 is 4.79 Å². The van der Waals surface area contributed by atoms with Gasteiger partial charge in [-0.25, -0.2) is 0 Å². The standard InChI is InChI=1S/C16H19N3O2/c17-10-12-6-3-4-8-19(12)16(21)13-9-11-5-1-2-7-14(11)18-15(13)20/h1-2,5,7,9,12H,3-4,6,8,10,17H2,(H,18,20). The molecule has 0 radical (unpaired) electrons. The monoisotopic (exact) mass is 285 g/mol. The summed E-state index contributed by atoms with van der Waals surface area (Å²) in [6, 6.07) is 9.18. The molecular formula is C16H19N3O2. The van der Waals surface area contributed by atoms with Crippen molar-refractivity contribution in [2.24, 2.45) is 5.73 Å². The van der Waals surface area contributed by atoms with Gasteiger partial charge in [0.1, 0.15) is 5.56 Å². The van der Waals surface area contributed by atoms with Gasteiger partial charge in [-0.15, -0.1) is 0 Å². The van der Waals surface area contributed by atoms with E-state index in [0.29, 0.717) is 13.1 Å². The van der Waals surface area contributed by atoms with Gasteiger partial charge in [0.05, 0.1) is 0 Å². The smallest absolute Gasteiger partial charge is 0.261 e. The minimum absolute atomic E-state index is 0.0390. The number of aromatic nitrogens is 1. The summed E-state index contributed by atoms with van der Waals surface area (Å²) >= 11 is 0. The summed E-state index contributed by atoms with van der Waals surface area (Å²) in [5.41, 5.74) is 6.37. The minimum Gasteiger partial charge on any atom is -0.334 e. The number of nitrogens with two attached hydrogens (primary N) is 1. The van der Waals surface area contributed by atoms with Crippen molar-refractivity contribution in [3.8, 4) is 0 Å². The minimum atomic E-state index is -0.333. The number of carbonyl (C=O) groups excluding carboxylic acids is 1. The molecule has 21 heavy (non-hydrogen) atoms. The summed E-state index contributed by atoms with van der Waals surface area (Å²) in [5.74, 6) is -0.211. The number of fused-ring (bicyclic) bond motifs is 1. The number of H-pyrrole nitrogens is 1. The number of hydrogen-bond acceptors (Lipinski definition) is 3. The van der Waals surface area contributed by atoms with Crippen LogP contribution in [0.4, 0.5) is 0 Å². The van der Waals surface area contributed by atoms with Crippen LogP contribution in [0, 0.1) is 0 Å². The second-order valence-electron chi connectivity index (χ2n) is 5.48. The van der Waals surface area contributed by atoms with Crippen LogP contribution in [0.3, 0.4) is 0 Å². The van der Waals surface area contributed by atoms with E-state index in [1.54, 1.807) is 11.0 Å². The maximum Gasteiger partial charge on any atom is 0.261 e. The zero-order valence-electron chi connectivity index (χ0n) is 11.8. The second-order valence-corrected chi connectivity index (χ2v) is 5.48. The predicted octanol–water partition coefficient (Wildman–Crippen LogP) is 1.48. The molecule has 0 aliphatic carbocycles. The van der Waals surface area contributed by atoms with Gasteiger partial charge in [0, 0.05) is 24.6 Å². The van der Waals surface area contributed by atoms with Crippen LogP contribution >= 0.6 is 0 Å². The number of rotatable bonds is 2. The fourth-order valence-corrected chi connectivity index (χ4v) is 2.97. The zero-order chi connectivity index (χ0) is 14.8. The molecule has 5 heteroatoms. The summed E-state index contributed by atoms with van der Waals surface area (Å²) in [6.07, 6.45) is 2.96. The van der Waals surface area contributed by atoms with E-state index < -0.39 is 0 Å². The Hall–Kier alpha value is -2.14. The third-order valence-electron chi connectivity index (χ3n) is 4.14. The lowest BCUT2D eigenvalue weighted by molar-refractivity contribution is 0.0621. The Balaban J connectivity index is 2.00. The van der Waals surface area contributed by atoms with Crippen LogP contribution in [0.5, 0.6) is 0 Å². The number of piperidine rings is 1. The molecule has 1 amide bonds. The number of benzene rings is 1. The van der Waals surface area contributed by atoms with Crippen LogP contribution in [0.25, 0.3) is 10.9 Å². The molecule has 1 fully saturated rings. The van der Waals surface area contributed by atoms with E-state index in [0.717, 1.165) is 30.2 Å². The summed E-state index contributed by atoms with van der Waals surface area (Å²) in [6.45, 7) is 1.12. The highest BCUT2D eigenvalue weighted by Crippen LogP contribution is 2.19. The van der Waals surface area contributed by atoms with Crippen molar-refractivity contribution in [2.45, 2.75) is 25.3 Å². The average molecular weight is 285 g/mol. The molecule has 1 unspecified atom stereocenters. The molecule has 0 spiro atoms. The normalized spacial score (nSPS) is 18.9. The first-order valence-electron chi connectivity index (χ1n) is 7.34. The van der Waals surface area contributed by atoms with Crippen molar-refractivity contribution in [3.05, 3.63) is 46.2 Å². The van der Waals surface area contributed by atoms with Crippen LogP contribution < -0.4 is 11.3 Å². The summed E-state index contributed by atoms with van der Waals surface area (Å²) in [4.78, 5) is 29.4. The Morgan fingerprint density at radius 3 is 2.95 bits per heavy atom. The quantitative estimate of drug-likeness (QED) is 0.877. The number of amides is 1. The van der Waals surface area contributed by atoms with Crippen LogP contribution in [0.15, 0.2) is 35.1 Å². The number of carbonyl (C=O) groups is 1. The molecule has 0 bridgehead atoms. The SMILES string of the molecule is NCC1CCCCN1C(=O)c1cc2ccccc2[nH]c1=O. The Kier molecular flexibility index (Phi) is 3.75. The lowest BCUT2D eigenvalue weighted by atomic mass is 10.0. The van der Waals surface area contributed by atoms with Gasteiger partial charge in [0.15, 0.2) is 0 Å². The van der Waals surface area contributed by atoms with Crippen molar-refractivity contribution in [3.63, 3.8) is 0 Å². The van der Waals surface area contributed by atoms with Crippen LogP contribution in [-0.4, -0.2) is 34.9 Å². The van der Waals surface area contributed by atoms with Crippen molar-refractivity contribution in [1.82, 2.24) is 9.88 Å². The molecule has 1 atom stereocenters. The van der Waals surface area contributed by atoms with E-state index in [4.69, 9.17) is 5.73 Å². The molecule has 2 heterocycles. The molecule has 2 aromatic rings. The molecule has 5 nitrogen and oxygen atoms in total.